The van der Waals surface area contributed by atoms with Gasteiger partial charge in [0, 0.05) is 28.8 Å². The van der Waals surface area contributed by atoms with Crippen LogP contribution in [0.2, 0.25) is 0 Å². The molecule has 3 N–H and O–H groups in total. The molecule has 175 valence electrons. The highest BCUT2D eigenvalue weighted by Crippen LogP contribution is 2.22. The van der Waals surface area contributed by atoms with E-state index in [1.54, 1.807) is 24.3 Å². The molecule has 1 aliphatic heterocycles. The lowest BCUT2D eigenvalue weighted by molar-refractivity contribution is -0.140. The number of benzene rings is 2. The van der Waals surface area contributed by atoms with E-state index in [2.05, 4.69) is 10.3 Å². The maximum atomic E-state index is 12.6. The highest BCUT2D eigenvalue weighted by atomic mass is 16.5. The second-order valence-corrected chi connectivity index (χ2v) is 8.09. The number of para-hydroxylation sites is 1. The molecule has 0 bridgehead atoms. The minimum atomic E-state index is -0.657. The smallest absolute Gasteiger partial charge is 0.262 e. The molecule has 1 aliphatic rings. The number of rotatable bonds is 7. The quantitative estimate of drug-likeness (QED) is 0.367. The van der Waals surface area contributed by atoms with Gasteiger partial charge < -0.3 is 15.0 Å². The maximum absolute atomic E-state index is 12.6. The first-order valence-corrected chi connectivity index (χ1v) is 10.9. The Bertz CT molecular complexity index is 1210. The summed E-state index contributed by atoms with van der Waals surface area (Å²) in [7, 11) is 0. The lowest BCUT2D eigenvalue weighted by atomic mass is 10.0. The molecule has 1 fully saturated rings. The van der Waals surface area contributed by atoms with Crippen LogP contribution in [-0.2, 0) is 16.2 Å². The number of hydroxylamine groups is 1. The molecule has 1 radical (unpaired) electrons. The van der Waals surface area contributed by atoms with E-state index >= 15 is 0 Å². The number of nitrogens with one attached hydrogen (secondary N) is 2. The average Bonchev–Trinajstić information content (AvgIpc) is 2.84. The Morgan fingerprint density at radius 3 is 2.65 bits per heavy atom. The fourth-order valence-electron chi connectivity index (χ4n) is 3.87. The first-order chi connectivity index (χ1) is 16.4. The fraction of sp³-hybridized carbons (Fsp3) is 0.240. The average molecular weight is 461 g/mol. The summed E-state index contributed by atoms with van der Waals surface area (Å²) in [5.74, 6) is -0.622. The van der Waals surface area contributed by atoms with Crippen LogP contribution < -0.4 is 15.5 Å². The van der Waals surface area contributed by atoms with Crippen LogP contribution in [0.5, 0.6) is 5.75 Å². The van der Waals surface area contributed by atoms with Crippen LogP contribution in [0.1, 0.15) is 34.5 Å². The third kappa shape index (κ3) is 5.49. The monoisotopic (exact) mass is 461 g/mol. The molecule has 0 atom stereocenters. The number of pyridine rings is 1. The van der Waals surface area contributed by atoms with E-state index in [9.17, 15) is 14.4 Å². The van der Waals surface area contributed by atoms with Gasteiger partial charge in [0.05, 0.1) is 18.0 Å². The summed E-state index contributed by atoms with van der Waals surface area (Å²) in [5, 5.41) is 12.4. The van der Waals surface area contributed by atoms with E-state index in [1.165, 1.54) is 10.4 Å². The lowest BCUT2D eigenvalue weighted by Crippen LogP contribution is -2.46. The highest BCUT2D eigenvalue weighted by Gasteiger charge is 2.29. The van der Waals surface area contributed by atoms with Crippen molar-refractivity contribution in [3.05, 3.63) is 77.5 Å². The largest absolute Gasteiger partial charge is 0.489 e. The van der Waals surface area contributed by atoms with Gasteiger partial charge in [-0.05, 0) is 49.7 Å². The van der Waals surface area contributed by atoms with E-state index in [0.717, 1.165) is 22.2 Å². The molecule has 3 aromatic rings. The molecule has 0 unspecified atom stereocenters. The normalized spacial score (nSPS) is 14.2. The second kappa shape index (κ2) is 10.3. The molecule has 9 nitrogen and oxygen atoms in total. The summed E-state index contributed by atoms with van der Waals surface area (Å²) in [5.41, 5.74) is 4.83. The summed E-state index contributed by atoms with van der Waals surface area (Å²) in [6.45, 7) is 2.40. The van der Waals surface area contributed by atoms with Gasteiger partial charge in [0.25, 0.3) is 11.8 Å². The number of fused-ring (bicyclic) bond motifs is 1. The minimum absolute atomic E-state index is 0.0188. The summed E-state index contributed by atoms with van der Waals surface area (Å²) in [4.78, 5) is 41.9. The number of carbonyl (C=O) groups is 3. The van der Waals surface area contributed by atoms with Gasteiger partial charge in [-0.15, -0.1) is 0 Å². The fourth-order valence-corrected chi connectivity index (χ4v) is 3.87. The molecule has 4 rings (SSSR count). The number of piperidine rings is 1. The molecular weight excluding hydrogens is 436 g/mol. The lowest BCUT2D eigenvalue weighted by Gasteiger charge is -2.30. The summed E-state index contributed by atoms with van der Waals surface area (Å²) < 4.78 is 5.94. The zero-order valence-corrected chi connectivity index (χ0v) is 18.7. The molecule has 9 heteroatoms. The topological polar surface area (TPSA) is 121 Å². The number of ether oxygens (including phenoxy) is 1. The van der Waals surface area contributed by atoms with Gasteiger partial charge >= 0.3 is 0 Å². The SMILES string of the molecule is Cc1cc(COc2ccc(C(=O)N[C]3CCN(CC(=O)NO)C(=O)C3)cc2)c2ccccc2n1. The number of nitrogens with zero attached hydrogens (tertiary/aromatic N) is 2. The predicted octanol–water partition coefficient (Wildman–Crippen LogP) is 2.51. The Morgan fingerprint density at radius 2 is 1.91 bits per heavy atom. The summed E-state index contributed by atoms with van der Waals surface area (Å²) in [6.07, 6.45) is 0.460. The van der Waals surface area contributed by atoms with E-state index in [-0.39, 0.29) is 31.3 Å². The Labute approximate surface area is 196 Å². The molecule has 1 aromatic heterocycles. The molecule has 2 heterocycles. The van der Waals surface area contributed by atoms with E-state index < -0.39 is 5.91 Å². The Balaban J connectivity index is 1.32. The van der Waals surface area contributed by atoms with Crippen molar-refractivity contribution in [3.8, 4) is 5.75 Å². The van der Waals surface area contributed by atoms with Gasteiger partial charge in [-0.2, -0.15) is 0 Å². The number of aryl methyl sites for hydroxylation is 1. The third-order valence-electron chi connectivity index (χ3n) is 5.59. The standard InChI is InChI=1S/C25H25N4O5/c1-16-12-18(21-4-2-3-5-22(21)26-16)15-34-20-8-6-17(7-9-20)25(32)27-19-10-11-29(24(31)13-19)14-23(30)28-33/h2-9,12,33H,10-11,13-15H2,1H3,(H,27,32)(H,28,30). The van der Waals surface area contributed by atoms with Crippen molar-refractivity contribution in [2.45, 2.75) is 26.4 Å². The van der Waals surface area contributed by atoms with Crippen molar-refractivity contribution in [2.75, 3.05) is 13.1 Å². The number of amides is 3. The zero-order valence-electron chi connectivity index (χ0n) is 18.7. The van der Waals surface area contributed by atoms with Gasteiger partial charge in [0.1, 0.15) is 18.9 Å². The summed E-state index contributed by atoms with van der Waals surface area (Å²) >= 11 is 0. The molecule has 1 saturated heterocycles. The molecule has 2 aromatic carbocycles. The van der Waals surface area contributed by atoms with E-state index in [1.807, 2.05) is 37.3 Å². The molecule has 34 heavy (non-hydrogen) atoms. The van der Waals surface area contributed by atoms with Crippen molar-refractivity contribution in [1.82, 2.24) is 20.7 Å². The number of carbonyl (C=O) groups excluding carboxylic acids is 3. The number of likely N-dealkylation sites (tertiary alicyclic amines) is 1. The van der Waals surface area contributed by atoms with Crippen LogP contribution in [0.4, 0.5) is 0 Å². The number of hydrogen-bond acceptors (Lipinski definition) is 6. The second-order valence-electron chi connectivity index (χ2n) is 8.09. The van der Waals surface area contributed by atoms with Crippen LogP contribution in [-0.4, -0.2) is 45.9 Å². The molecular formula is C25H25N4O5. The van der Waals surface area contributed by atoms with Gasteiger partial charge in [-0.3, -0.25) is 24.6 Å². The third-order valence-corrected chi connectivity index (χ3v) is 5.59. The van der Waals surface area contributed by atoms with Crippen LogP contribution in [0.15, 0.2) is 54.6 Å². The van der Waals surface area contributed by atoms with Crippen molar-refractivity contribution < 1.29 is 24.3 Å². The first kappa shape index (κ1) is 23.2. The predicted molar refractivity (Wildman–Crippen MR) is 124 cm³/mol. The highest BCUT2D eigenvalue weighted by molar-refractivity contribution is 5.96. The molecule has 0 saturated carbocycles. The number of aromatic nitrogens is 1. The van der Waals surface area contributed by atoms with Gasteiger partial charge in [-0.25, -0.2) is 5.48 Å². The van der Waals surface area contributed by atoms with Crippen LogP contribution in [0, 0.1) is 13.0 Å². The minimum Gasteiger partial charge on any atom is -0.489 e. The van der Waals surface area contributed by atoms with Gasteiger partial charge in [-0.1, -0.05) is 18.2 Å². The number of hydrogen-bond donors (Lipinski definition) is 3. The van der Waals surface area contributed by atoms with Crippen molar-refractivity contribution in [2.24, 2.45) is 0 Å². The van der Waals surface area contributed by atoms with Crippen molar-refractivity contribution >= 4 is 28.6 Å². The Morgan fingerprint density at radius 1 is 1.15 bits per heavy atom. The summed E-state index contributed by atoms with van der Waals surface area (Å²) in [6, 6.07) is 17.3. The van der Waals surface area contributed by atoms with Crippen molar-refractivity contribution in [3.63, 3.8) is 0 Å². The van der Waals surface area contributed by atoms with Gasteiger partial charge in [0.2, 0.25) is 5.91 Å². The Hall–Kier alpha value is -3.98. The van der Waals surface area contributed by atoms with E-state index in [0.29, 0.717) is 30.4 Å². The molecule has 0 aliphatic carbocycles. The van der Waals surface area contributed by atoms with Crippen LogP contribution in [0.25, 0.3) is 10.9 Å². The van der Waals surface area contributed by atoms with Crippen molar-refractivity contribution in [1.29, 1.82) is 0 Å². The van der Waals surface area contributed by atoms with Crippen LogP contribution >= 0.6 is 0 Å². The van der Waals surface area contributed by atoms with Crippen LogP contribution in [0.3, 0.4) is 0 Å². The molecule has 3 amide bonds. The zero-order chi connectivity index (χ0) is 24.1. The first-order valence-electron chi connectivity index (χ1n) is 10.9. The molecule has 0 spiro atoms. The Kier molecular flexibility index (Phi) is 7.03. The van der Waals surface area contributed by atoms with Gasteiger partial charge in [0.15, 0.2) is 0 Å². The van der Waals surface area contributed by atoms with E-state index in [4.69, 9.17) is 9.94 Å². The maximum Gasteiger partial charge on any atom is 0.262 e.